The number of methoxy groups -OCH3 is 1. The predicted octanol–water partition coefficient (Wildman–Crippen LogP) is 7.24. The van der Waals surface area contributed by atoms with Gasteiger partial charge in [-0.1, -0.05) is 24.3 Å². The molecule has 158 valence electrons. The second kappa shape index (κ2) is 7.75. The van der Waals surface area contributed by atoms with E-state index in [1.807, 2.05) is 30.3 Å². The fourth-order valence-electron chi connectivity index (χ4n) is 4.40. The Morgan fingerprint density at radius 3 is 2.52 bits per heavy atom. The van der Waals surface area contributed by atoms with Crippen LogP contribution in [-0.2, 0) is 12.6 Å². The number of nitrogens with zero attached hydrogens (tertiary/aromatic N) is 1. The molecule has 2 nitrogen and oxygen atoms in total. The number of aliphatic imine (C=N–C) groups is 1. The van der Waals surface area contributed by atoms with Gasteiger partial charge in [-0.05, 0) is 72.0 Å². The predicted molar refractivity (Wildman–Crippen MR) is 117 cm³/mol. The first-order valence-electron chi connectivity index (χ1n) is 10.1. The molecule has 0 unspecified atom stereocenters. The number of para-hydroxylation sites is 1. The zero-order valence-electron chi connectivity index (χ0n) is 16.8. The van der Waals surface area contributed by atoms with Crippen molar-refractivity contribution in [3.8, 4) is 5.75 Å². The average Bonchev–Trinajstić information content (AvgIpc) is 2.95. The number of aryl methyl sites for hydroxylation is 1. The summed E-state index contributed by atoms with van der Waals surface area (Å²) in [4.78, 5) is 6.11. The van der Waals surface area contributed by atoms with Crippen molar-refractivity contribution in [3.05, 3.63) is 89.0 Å². The maximum Gasteiger partial charge on any atom is 0.416 e. The molecule has 31 heavy (non-hydrogen) atoms. The number of ether oxygens (including phenoxy) is 1. The summed E-state index contributed by atoms with van der Waals surface area (Å²) in [5, 5.41) is -0.0139. The zero-order valence-corrected chi connectivity index (χ0v) is 17.6. The summed E-state index contributed by atoms with van der Waals surface area (Å²) < 4.78 is 44.6. The van der Waals surface area contributed by atoms with Crippen molar-refractivity contribution in [2.45, 2.75) is 29.2 Å². The van der Waals surface area contributed by atoms with Crippen molar-refractivity contribution in [1.82, 2.24) is 0 Å². The number of halogens is 3. The first kappa shape index (κ1) is 20.2. The highest BCUT2D eigenvalue weighted by Crippen LogP contribution is 2.51. The van der Waals surface area contributed by atoms with E-state index in [2.05, 4.69) is 12.1 Å². The molecule has 1 aliphatic heterocycles. The van der Waals surface area contributed by atoms with Crippen molar-refractivity contribution in [2.24, 2.45) is 10.9 Å². The van der Waals surface area contributed by atoms with Crippen molar-refractivity contribution in [1.29, 1.82) is 0 Å². The van der Waals surface area contributed by atoms with Crippen molar-refractivity contribution < 1.29 is 17.9 Å². The third-order valence-electron chi connectivity index (χ3n) is 5.96. The number of fused-ring (bicyclic) bond motifs is 4. The lowest BCUT2D eigenvalue weighted by atomic mass is 9.78. The first-order chi connectivity index (χ1) is 14.9. The van der Waals surface area contributed by atoms with Crippen LogP contribution in [0.25, 0.3) is 0 Å². The molecule has 0 bridgehead atoms. The maximum absolute atomic E-state index is 13.1. The van der Waals surface area contributed by atoms with Crippen LogP contribution in [-0.4, -0.2) is 12.8 Å². The van der Waals surface area contributed by atoms with Crippen LogP contribution in [0, 0.1) is 5.92 Å². The molecule has 0 fully saturated rings. The lowest BCUT2D eigenvalue weighted by molar-refractivity contribution is -0.137. The summed E-state index contributed by atoms with van der Waals surface area (Å²) in [6.45, 7) is 0. The van der Waals surface area contributed by atoms with Gasteiger partial charge in [0.2, 0.25) is 0 Å². The van der Waals surface area contributed by atoms with Gasteiger partial charge in [0.25, 0.3) is 0 Å². The van der Waals surface area contributed by atoms with E-state index in [0.717, 1.165) is 46.0 Å². The van der Waals surface area contributed by atoms with Gasteiger partial charge in [0.1, 0.15) is 5.75 Å². The van der Waals surface area contributed by atoms with Crippen LogP contribution >= 0.6 is 11.8 Å². The third kappa shape index (κ3) is 3.74. The summed E-state index contributed by atoms with van der Waals surface area (Å²) in [6, 6.07) is 19.7. The molecule has 2 atom stereocenters. The quantitative estimate of drug-likeness (QED) is 0.420. The molecule has 0 N–H and O–H groups in total. The number of benzene rings is 3. The van der Waals surface area contributed by atoms with Gasteiger partial charge >= 0.3 is 6.18 Å². The highest BCUT2D eigenvalue weighted by molar-refractivity contribution is 7.99. The van der Waals surface area contributed by atoms with Crippen LogP contribution in [0.5, 0.6) is 5.75 Å². The Kier molecular flexibility index (Phi) is 5.05. The minimum atomic E-state index is -4.34. The smallest absolute Gasteiger partial charge is 0.416 e. The molecule has 1 heterocycles. The van der Waals surface area contributed by atoms with Crippen LogP contribution < -0.4 is 4.74 Å². The summed E-state index contributed by atoms with van der Waals surface area (Å²) in [5.41, 5.74) is 4.49. The molecule has 0 aromatic heterocycles. The van der Waals surface area contributed by atoms with E-state index >= 15 is 0 Å². The van der Waals surface area contributed by atoms with Crippen LogP contribution in [0.2, 0.25) is 0 Å². The van der Waals surface area contributed by atoms with E-state index in [1.165, 1.54) is 17.7 Å². The van der Waals surface area contributed by atoms with Crippen LogP contribution in [0.1, 0.15) is 33.9 Å². The number of thioether (sulfide) groups is 1. The molecule has 0 saturated heterocycles. The minimum Gasteiger partial charge on any atom is -0.497 e. The standard InChI is InChI=1S/C25H20F3NOS/c1-30-18-11-13-19-16(14-18)8-12-20-23(19)29-21-4-2-3-5-22(21)31-24(20)15-6-9-17(10-7-15)25(26,27)28/h2-7,9-11,13-14,20,24H,8,12H2,1H3/t20-,24+/m0/s1. The van der Waals surface area contributed by atoms with E-state index in [1.54, 1.807) is 31.0 Å². The molecule has 0 spiro atoms. The second-order valence-electron chi connectivity index (χ2n) is 7.79. The molecular formula is C25H20F3NOS. The molecule has 0 amide bonds. The van der Waals surface area contributed by atoms with Gasteiger partial charge in [-0.25, -0.2) is 0 Å². The molecule has 6 heteroatoms. The normalized spacial score (nSPS) is 20.1. The molecule has 3 aromatic carbocycles. The lowest BCUT2D eigenvalue weighted by Crippen LogP contribution is -2.27. The fraction of sp³-hybridized carbons (Fsp3) is 0.240. The summed E-state index contributed by atoms with van der Waals surface area (Å²) in [5.74, 6) is 0.926. The van der Waals surface area contributed by atoms with Crippen molar-refractivity contribution in [3.63, 3.8) is 0 Å². The van der Waals surface area contributed by atoms with Gasteiger partial charge in [0.05, 0.1) is 24.1 Å². The number of hydrogen-bond donors (Lipinski definition) is 0. The summed E-state index contributed by atoms with van der Waals surface area (Å²) >= 11 is 1.69. The Balaban J connectivity index is 1.62. The van der Waals surface area contributed by atoms with E-state index in [-0.39, 0.29) is 11.2 Å². The Hall–Kier alpha value is -2.73. The zero-order chi connectivity index (χ0) is 21.6. The topological polar surface area (TPSA) is 21.6 Å². The molecule has 3 aromatic rings. The fourth-order valence-corrected chi connectivity index (χ4v) is 5.79. The molecule has 1 aliphatic carbocycles. The molecule has 0 saturated carbocycles. The second-order valence-corrected chi connectivity index (χ2v) is 8.97. The van der Waals surface area contributed by atoms with Gasteiger partial charge in [-0.15, -0.1) is 11.8 Å². The van der Waals surface area contributed by atoms with Gasteiger partial charge < -0.3 is 4.74 Å². The number of rotatable bonds is 2. The van der Waals surface area contributed by atoms with Gasteiger partial charge in [0.15, 0.2) is 0 Å². The number of alkyl halides is 3. The third-order valence-corrected chi connectivity index (χ3v) is 7.41. The summed E-state index contributed by atoms with van der Waals surface area (Å²) in [7, 11) is 1.66. The van der Waals surface area contributed by atoms with Crippen LogP contribution in [0.4, 0.5) is 18.9 Å². The van der Waals surface area contributed by atoms with E-state index < -0.39 is 11.7 Å². The SMILES string of the molecule is COc1ccc2c(c1)CC[C@H]1C2=Nc2ccccc2S[C@@H]1c1ccc(C(F)(F)F)cc1. The van der Waals surface area contributed by atoms with Gasteiger partial charge in [0, 0.05) is 16.1 Å². The van der Waals surface area contributed by atoms with Gasteiger partial charge in [-0.2, -0.15) is 13.2 Å². The average molecular weight is 440 g/mol. The lowest BCUT2D eigenvalue weighted by Gasteiger charge is -2.32. The monoisotopic (exact) mass is 439 g/mol. The van der Waals surface area contributed by atoms with Crippen LogP contribution in [0.15, 0.2) is 76.6 Å². The Morgan fingerprint density at radius 1 is 1.00 bits per heavy atom. The van der Waals surface area contributed by atoms with Crippen molar-refractivity contribution in [2.75, 3.05) is 7.11 Å². The van der Waals surface area contributed by atoms with Crippen molar-refractivity contribution >= 4 is 23.2 Å². The highest BCUT2D eigenvalue weighted by Gasteiger charge is 2.37. The Morgan fingerprint density at radius 2 is 1.77 bits per heavy atom. The Labute approximate surface area is 183 Å². The van der Waals surface area contributed by atoms with Gasteiger partial charge in [-0.3, -0.25) is 4.99 Å². The highest BCUT2D eigenvalue weighted by atomic mass is 32.2. The summed E-state index contributed by atoms with van der Waals surface area (Å²) in [6.07, 6.45) is -2.58. The molecule has 2 aliphatic rings. The largest absolute Gasteiger partial charge is 0.497 e. The minimum absolute atomic E-state index is 0.0139. The van der Waals surface area contributed by atoms with E-state index in [4.69, 9.17) is 9.73 Å². The first-order valence-corrected chi connectivity index (χ1v) is 11.0. The van der Waals surface area contributed by atoms with Crippen LogP contribution in [0.3, 0.4) is 0 Å². The Bertz CT molecular complexity index is 1150. The van der Waals surface area contributed by atoms with E-state index in [9.17, 15) is 13.2 Å². The van der Waals surface area contributed by atoms with E-state index in [0.29, 0.717) is 0 Å². The maximum atomic E-state index is 13.1. The number of hydrogen-bond acceptors (Lipinski definition) is 3. The molecule has 5 rings (SSSR count). The molecule has 0 radical (unpaired) electrons. The molecular weight excluding hydrogens is 419 g/mol.